The van der Waals surface area contributed by atoms with Crippen molar-refractivity contribution in [3.05, 3.63) is 98.7 Å². The number of benzene rings is 2. The van der Waals surface area contributed by atoms with E-state index in [9.17, 15) is 9.59 Å². The standard InChI is InChI=1S/C30H28O6/c1-18-5-10-22(27-24(34-4)12-7-20-9-14-26(32)36-29(20)27)30(2,17-18)16-15-21-23(33-3)11-6-19-8-13-25(31)35-28(19)21/h5-16,18,22H,17H2,1-4H3/t18-,22-,30-/m0/s1. The molecule has 2 heterocycles. The van der Waals surface area contributed by atoms with Crippen LogP contribution in [-0.4, -0.2) is 14.2 Å². The summed E-state index contributed by atoms with van der Waals surface area (Å²) < 4.78 is 22.6. The minimum absolute atomic E-state index is 0.137. The summed E-state index contributed by atoms with van der Waals surface area (Å²) in [7, 11) is 3.22. The van der Waals surface area contributed by atoms with E-state index >= 15 is 0 Å². The highest BCUT2D eigenvalue weighted by atomic mass is 16.5. The van der Waals surface area contributed by atoms with Gasteiger partial charge in [-0.3, -0.25) is 0 Å². The Labute approximate surface area is 208 Å². The SMILES string of the molecule is COc1ccc2ccc(=O)oc2c1C=C[C@@]1(C)C[C@@H](C)C=C[C@H]1c1c(OC)ccc2ccc(=O)oc12. The molecule has 5 rings (SSSR count). The average Bonchev–Trinajstić information content (AvgIpc) is 2.86. The Hall–Kier alpha value is -4.06. The van der Waals surface area contributed by atoms with Crippen LogP contribution in [0, 0.1) is 11.3 Å². The third-order valence-electron chi connectivity index (χ3n) is 7.06. The lowest BCUT2D eigenvalue weighted by atomic mass is 9.64. The van der Waals surface area contributed by atoms with Gasteiger partial charge in [0.1, 0.15) is 22.7 Å². The molecule has 0 amide bonds. The van der Waals surface area contributed by atoms with Gasteiger partial charge in [-0.05, 0) is 54.2 Å². The predicted molar refractivity (Wildman–Crippen MR) is 141 cm³/mol. The van der Waals surface area contributed by atoms with Gasteiger partial charge in [0.2, 0.25) is 0 Å². The molecule has 0 bridgehead atoms. The van der Waals surface area contributed by atoms with E-state index in [1.165, 1.54) is 12.1 Å². The first-order chi connectivity index (χ1) is 17.3. The zero-order chi connectivity index (χ0) is 25.4. The Bertz CT molecular complexity index is 1620. The molecule has 0 N–H and O–H groups in total. The van der Waals surface area contributed by atoms with Gasteiger partial charge < -0.3 is 18.3 Å². The molecule has 0 spiro atoms. The molecule has 1 aliphatic carbocycles. The number of fused-ring (bicyclic) bond motifs is 2. The highest BCUT2D eigenvalue weighted by Gasteiger charge is 2.38. The molecule has 0 radical (unpaired) electrons. The van der Waals surface area contributed by atoms with Gasteiger partial charge in [-0.25, -0.2) is 9.59 Å². The van der Waals surface area contributed by atoms with Crippen LogP contribution in [0.1, 0.15) is 37.3 Å². The molecule has 0 saturated heterocycles. The Morgan fingerprint density at radius 3 is 2.08 bits per heavy atom. The minimum Gasteiger partial charge on any atom is -0.496 e. The van der Waals surface area contributed by atoms with Crippen molar-refractivity contribution in [2.45, 2.75) is 26.2 Å². The number of ether oxygens (including phenoxy) is 2. The molecule has 36 heavy (non-hydrogen) atoms. The fraction of sp³-hybridized carbons (Fsp3) is 0.267. The third-order valence-corrected chi connectivity index (χ3v) is 7.06. The maximum atomic E-state index is 12.2. The molecule has 4 aromatic rings. The summed E-state index contributed by atoms with van der Waals surface area (Å²) in [5.41, 5.74) is 1.33. The van der Waals surface area contributed by atoms with Gasteiger partial charge in [-0.1, -0.05) is 38.2 Å². The van der Waals surface area contributed by atoms with Crippen LogP contribution >= 0.6 is 0 Å². The lowest BCUT2D eigenvalue weighted by Gasteiger charge is -2.39. The van der Waals surface area contributed by atoms with Crippen LogP contribution in [0.2, 0.25) is 0 Å². The molecule has 2 aromatic heterocycles. The number of methoxy groups -OCH3 is 2. The van der Waals surface area contributed by atoms with E-state index in [1.807, 2.05) is 30.3 Å². The summed E-state index contributed by atoms with van der Waals surface area (Å²) in [5.74, 6) is 1.47. The quantitative estimate of drug-likeness (QED) is 0.244. The van der Waals surface area contributed by atoms with Crippen LogP contribution in [0.5, 0.6) is 11.5 Å². The normalized spacial score (nSPS) is 21.9. The first-order valence-corrected chi connectivity index (χ1v) is 11.9. The molecule has 2 aromatic carbocycles. The summed E-state index contributed by atoms with van der Waals surface area (Å²) in [5, 5.41) is 1.65. The van der Waals surface area contributed by atoms with E-state index in [4.69, 9.17) is 18.3 Å². The van der Waals surface area contributed by atoms with Crippen molar-refractivity contribution in [2.24, 2.45) is 11.3 Å². The molecule has 1 aliphatic rings. The zero-order valence-electron chi connectivity index (χ0n) is 20.7. The molecule has 0 saturated carbocycles. The summed E-state index contributed by atoms with van der Waals surface area (Å²) >= 11 is 0. The molecule has 0 unspecified atom stereocenters. The fourth-order valence-corrected chi connectivity index (χ4v) is 5.36. The molecular formula is C30H28O6. The maximum Gasteiger partial charge on any atom is 0.336 e. The van der Waals surface area contributed by atoms with Crippen LogP contribution in [-0.2, 0) is 0 Å². The molecule has 0 aliphatic heterocycles. The van der Waals surface area contributed by atoms with Gasteiger partial charge in [-0.15, -0.1) is 0 Å². The van der Waals surface area contributed by atoms with Gasteiger partial charge in [0.05, 0.1) is 19.8 Å². The van der Waals surface area contributed by atoms with E-state index in [2.05, 4.69) is 32.1 Å². The molecule has 3 atom stereocenters. The van der Waals surface area contributed by atoms with Crippen LogP contribution < -0.4 is 20.7 Å². The largest absolute Gasteiger partial charge is 0.496 e. The van der Waals surface area contributed by atoms with Crippen molar-refractivity contribution >= 4 is 28.0 Å². The van der Waals surface area contributed by atoms with E-state index < -0.39 is 11.3 Å². The van der Waals surface area contributed by atoms with Crippen molar-refractivity contribution in [3.8, 4) is 11.5 Å². The number of hydrogen-bond donors (Lipinski definition) is 0. The second-order valence-electron chi connectivity index (χ2n) is 9.59. The fourth-order valence-electron chi connectivity index (χ4n) is 5.36. The van der Waals surface area contributed by atoms with Crippen molar-refractivity contribution in [1.82, 2.24) is 0 Å². The Morgan fingerprint density at radius 1 is 0.833 bits per heavy atom. The van der Waals surface area contributed by atoms with Gasteiger partial charge in [0.25, 0.3) is 0 Å². The Kier molecular flexibility index (Phi) is 6.04. The first kappa shape index (κ1) is 23.7. The molecule has 184 valence electrons. The summed E-state index contributed by atoms with van der Waals surface area (Å²) in [6, 6.07) is 13.9. The monoisotopic (exact) mass is 484 g/mol. The van der Waals surface area contributed by atoms with Crippen LogP contribution in [0.25, 0.3) is 28.0 Å². The second-order valence-corrected chi connectivity index (χ2v) is 9.59. The van der Waals surface area contributed by atoms with Crippen molar-refractivity contribution < 1.29 is 18.3 Å². The summed E-state index contributed by atoms with van der Waals surface area (Å²) in [6.45, 7) is 4.36. The van der Waals surface area contributed by atoms with Crippen LogP contribution in [0.4, 0.5) is 0 Å². The van der Waals surface area contributed by atoms with Gasteiger partial charge in [0.15, 0.2) is 0 Å². The minimum atomic E-state index is -0.417. The highest BCUT2D eigenvalue weighted by Crippen LogP contribution is 2.51. The summed E-state index contributed by atoms with van der Waals surface area (Å²) in [4.78, 5) is 24.2. The van der Waals surface area contributed by atoms with Gasteiger partial charge in [0, 0.05) is 34.4 Å². The van der Waals surface area contributed by atoms with E-state index in [-0.39, 0.29) is 11.3 Å². The van der Waals surface area contributed by atoms with Crippen LogP contribution in [0.15, 0.2) is 85.2 Å². The van der Waals surface area contributed by atoms with E-state index in [0.717, 1.165) is 22.8 Å². The molecule has 6 heteroatoms. The number of hydrogen-bond acceptors (Lipinski definition) is 6. The Morgan fingerprint density at radius 2 is 1.42 bits per heavy atom. The maximum absolute atomic E-state index is 12.2. The van der Waals surface area contributed by atoms with Crippen molar-refractivity contribution in [3.63, 3.8) is 0 Å². The third kappa shape index (κ3) is 4.13. The van der Waals surface area contributed by atoms with Crippen molar-refractivity contribution in [2.75, 3.05) is 14.2 Å². The average molecular weight is 485 g/mol. The Balaban J connectivity index is 1.71. The first-order valence-electron chi connectivity index (χ1n) is 11.9. The number of allylic oxidation sites excluding steroid dienone is 3. The predicted octanol–water partition coefficient (Wildman–Crippen LogP) is 6.32. The van der Waals surface area contributed by atoms with Crippen molar-refractivity contribution in [1.29, 1.82) is 0 Å². The second kappa shape index (κ2) is 9.19. The highest BCUT2D eigenvalue weighted by molar-refractivity contribution is 5.88. The lowest BCUT2D eigenvalue weighted by Crippen LogP contribution is -2.28. The molecule has 6 nitrogen and oxygen atoms in total. The van der Waals surface area contributed by atoms with E-state index in [1.54, 1.807) is 26.4 Å². The van der Waals surface area contributed by atoms with E-state index in [0.29, 0.717) is 34.1 Å². The summed E-state index contributed by atoms with van der Waals surface area (Å²) in [6.07, 6.45) is 9.32. The van der Waals surface area contributed by atoms with Gasteiger partial charge in [-0.2, -0.15) is 0 Å². The van der Waals surface area contributed by atoms with Crippen LogP contribution in [0.3, 0.4) is 0 Å². The lowest BCUT2D eigenvalue weighted by molar-refractivity contribution is 0.291. The van der Waals surface area contributed by atoms with Gasteiger partial charge >= 0.3 is 11.3 Å². The topological polar surface area (TPSA) is 78.9 Å². The smallest absolute Gasteiger partial charge is 0.336 e. The zero-order valence-corrected chi connectivity index (χ0v) is 20.7. The molecule has 0 fully saturated rings. The molecular weight excluding hydrogens is 456 g/mol. The number of rotatable bonds is 5.